The predicted molar refractivity (Wildman–Crippen MR) is 253 cm³/mol. The van der Waals surface area contributed by atoms with Gasteiger partial charge in [0, 0.05) is 40.3 Å². The summed E-state index contributed by atoms with van der Waals surface area (Å²) >= 11 is 0. The van der Waals surface area contributed by atoms with Crippen LogP contribution in [0.25, 0.3) is 11.1 Å². The quantitative estimate of drug-likeness (QED) is 0.127. The first-order chi connectivity index (χ1) is 29.3. The first-order valence-corrected chi connectivity index (χ1v) is 22.8. The second-order valence-corrected chi connectivity index (χ2v) is 19.8. The first-order valence-electron chi connectivity index (χ1n) is 20.1. The zero-order valence-electron chi connectivity index (χ0n) is 37.8. The van der Waals surface area contributed by atoms with Crippen LogP contribution in [0.15, 0.2) is 72.8 Å². The van der Waals surface area contributed by atoms with Gasteiger partial charge in [0.1, 0.15) is 46.0 Å². The highest BCUT2D eigenvalue weighted by molar-refractivity contribution is 7.80. The van der Waals surface area contributed by atoms with Crippen LogP contribution >= 0.6 is 15.8 Å². The third-order valence-electron chi connectivity index (χ3n) is 11.5. The third-order valence-corrected chi connectivity index (χ3v) is 16.3. The molecule has 0 fully saturated rings. The number of methoxy groups -OCH3 is 8. The van der Waals surface area contributed by atoms with Crippen LogP contribution in [-0.4, -0.2) is 56.9 Å². The predicted octanol–water partition coefficient (Wildman–Crippen LogP) is 8.69. The third kappa shape index (κ3) is 7.86. The van der Waals surface area contributed by atoms with Gasteiger partial charge in [0.05, 0.1) is 56.9 Å². The lowest BCUT2D eigenvalue weighted by atomic mass is 9.99. The van der Waals surface area contributed by atoms with E-state index in [1.165, 1.54) is 0 Å². The SMILES string of the molecule is COc1cc(OC)c2c(c1)P(c1cc(C)c(OC)c(C)c1)c1cc(C)c(OC)c(c1)Cc1cc(cc(C)c1OC)P(c1cc(C)c(OC)c(C)c1)c1cc(OC)cc(OC)c1-2. The van der Waals surface area contributed by atoms with Gasteiger partial charge in [-0.1, -0.05) is 0 Å². The van der Waals surface area contributed by atoms with E-state index in [2.05, 4.69) is 102 Å². The Kier molecular flexibility index (Phi) is 12.8. The number of aryl methyl sites for hydroxylation is 6. The van der Waals surface area contributed by atoms with Crippen LogP contribution < -0.4 is 69.7 Å². The van der Waals surface area contributed by atoms with Crippen molar-refractivity contribution in [3.8, 4) is 57.1 Å². The maximum Gasteiger partial charge on any atom is 0.131 e. The highest BCUT2D eigenvalue weighted by Gasteiger charge is 2.34. The molecule has 0 N–H and O–H groups in total. The maximum absolute atomic E-state index is 6.48. The molecule has 8 nitrogen and oxygen atoms in total. The first kappa shape index (κ1) is 43.7. The summed E-state index contributed by atoms with van der Waals surface area (Å²) < 4.78 is 49.5. The van der Waals surface area contributed by atoms with Crippen molar-refractivity contribution in [3.63, 3.8) is 0 Å². The lowest BCUT2D eigenvalue weighted by Crippen LogP contribution is -2.27. The number of rotatable bonds is 10. The zero-order chi connectivity index (χ0) is 43.9. The Balaban J connectivity index is 1.78. The van der Waals surface area contributed by atoms with Gasteiger partial charge in [-0.2, -0.15) is 0 Å². The molecule has 0 spiro atoms. The van der Waals surface area contributed by atoms with Crippen molar-refractivity contribution in [1.82, 2.24) is 0 Å². The number of hydrogen-bond donors (Lipinski definition) is 0. The Labute approximate surface area is 363 Å². The molecule has 318 valence electrons. The van der Waals surface area contributed by atoms with Crippen LogP contribution in [0.2, 0.25) is 0 Å². The number of benzene rings is 6. The standard InChI is InChI=1S/C51H56O8P2/c1-28-15-38(16-29(2)48(28)56-11)60-40-19-32(5)50(58-13)34(22-40)21-35-23-41(20-33(6)51(35)59-14)61(39-17-30(3)49(57-12)31(4)18-39)45-27-37(53-8)25-43(55-10)47(45)46-42(54-9)24-36(52-7)26-44(46)60/h15-20,22-27H,21H2,1-14H3. The highest BCUT2D eigenvalue weighted by Crippen LogP contribution is 2.51. The molecule has 0 saturated heterocycles. The topological polar surface area (TPSA) is 73.8 Å². The molecule has 0 aliphatic carbocycles. The normalized spacial score (nSPS) is 14.3. The minimum atomic E-state index is -1.34. The van der Waals surface area contributed by atoms with E-state index >= 15 is 0 Å². The summed E-state index contributed by atoms with van der Waals surface area (Å²) in [6, 6.07) is 26.6. The van der Waals surface area contributed by atoms with Crippen LogP contribution in [0.5, 0.6) is 46.0 Å². The fourth-order valence-corrected chi connectivity index (χ4v) is 14.8. The van der Waals surface area contributed by atoms with E-state index in [0.717, 1.165) is 110 Å². The van der Waals surface area contributed by atoms with Gasteiger partial charge in [-0.05, 0) is 184 Å². The second kappa shape index (κ2) is 17.9. The van der Waals surface area contributed by atoms with Crippen LogP contribution in [-0.2, 0) is 6.42 Å². The summed E-state index contributed by atoms with van der Waals surface area (Å²) in [4.78, 5) is 0. The molecule has 4 bridgehead atoms. The Bertz CT molecular complexity index is 2430. The van der Waals surface area contributed by atoms with Crippen LogP contribution in [0.4, 0.5) is 0 Å². The zero-order valence-corrected chi connectivity index (χ0v) is 39.6. The Morgan fingerprint density at radius 2 is 0.623 bits per heavy atom. The van der Waals surface area contributed by atoms with Gasteiger partial charge < -0.3 is 37.9 Å². The molecule has 10 heteroatoms. The summed E-state index contributed by atoms with van der Waals surface area (Å²) in [7, 11) is 11.2. The van der Waals surface area contributed by atoms with E-state index < -0.39 is 15.8 Å². The van der Waals surface area contributed by atoms with Crippen LogP contribution in [0, 0.1) is 41.5 Å². The summed E-state index contributed by atoms with van der Waals surface area (Å²) in [6.45, 7) is 12.7. The van der Waals surface area contributed by atoms with Crippen molar-refractivity contribution < 1.29 is 37.9 Å². The van der Waals surface area contributed by atoms with Crippen molar-refractivity contribution in [2.45, 2.75) is 48.0 Å². The molecule has 0 amide bonds. The van der Waals surface area contributed by atoms with Crippen LogP contribution in [0.1, 0.15) is 44.5 Å². The van der Waals surface area contributed by atoms with E-state index in [9.17, 15) is 0 Å². The van der Waals surface area contributed by atoms with Crippen molar-refractivity contribution in [3.05, 3.63) is 117 Å². The van der Waals surface area contributed by atoms with Gasteiger partial charge in [0.2, 0.25) is 0 Å². The molecule has 1 heterocycles. The van der Waals surface area contributed by atoms with Gasteiger partial charge in [-0.25, -0.2) is 0 Å². The molecule has 6 aromatic carbocycles. The van der Waals surface area contributed by atoms with Crippen LogP contribution in [0.3, 0.4) is 0 Å². The summed E-state index contributed by atoms with van der Waals surface area (Å²) in [6.07, 6.45) is 0.575. The Morgan fingerprint density at radius 3 is 0.902 bits per heavy atom. The van der Waals surface area contributed by atoms with Crippen molar-refractivity contribution in [2.75, 3.05) is 56.9 Å². The number of fused-ring (bicyclic) bond motifs is 7. The minimum absolute atomic E-state index is 0.575. The average molecular weight is 859 g/mol. The molecule has 0 aromatic heterocycles. The molecule has 6 aromatic rings. The van der Waals surface area contributed by atoms with Crippen molar-refractivity contribution in [2.24, 2.45) is 0 Å². The maximum atomic E-state index is 6.48. The van der Waals surface area contributed by atoms with E-state index in [-0.39, 0.29) is 0 Å². The Hall–Kier alpha value is -5.42. The Morgan fingerprint density at radius 1 is 0.328 bits per heavy atom. The molecule has 2 atom stereocenters. The second-order valence-electron chi connectivity index (χ2n) is 15.4. The van der Waals surface area contributed by atoms with Crippen molar-refractivity contribution in [1.29, 1.82) is 0 Å². The molecule has 0 radical (unpaired) electrons. The fraction of sp³-hybridized carbons (Fsp3) is 0.294. The molecule has 61 heavy (non-hydrogen) atoms. The molecule has 1 aliphatic rings. The van der Waals surface area contributed by atoms with Gasteiger partial charge >= 0.3 is 0 Å². The average Bonchev–Trinajstić information content (AvgIpc) is 3.23. The fourth-order valence-electron chi connectivity index (χ4n) is 9.14. The monoisotopic (exact) mass is 858 g/mol. The molecule has 0 saturated carbocycles. The van der Waals surface area contributed by atoms with Gasteiger partial charge in [0.25, 0.3) is 0 Å². The van der Waals surface area contributed by atoms with Gasteiger partial charge in [-0.15, -0.1) is 0 Å². The van der Waals surface area contributed by atoms with E-state index in [1.807, 2.05) is 12.1 Å². The molecule has 7 rings (SSSR count). The highest BCUT2D eigenvalue weighted by atomic mass is 31.1. The lowest BCUT2D eigenvalue weighted by molar-refractivity contribution is 0.392. The van der Waals surface area contributed by atoms with Gasteiger partial charge in [0.15, 0.2) is 0 Å². The smallest absolute Gasteiger partial charge is 0.131 e. The number of hydrogen-bond acceptors (Lipinski definition) is 8. The van der Waals surface area contributed by atoms with Gasteiger partial charge in [-0.3, -0.25) is 0 Å². The summed E-state index contributed by atoms with van der Waals surface area (Å²) in [5.41, 5.74) is 10.3. The van der Waals surface area contributed by atoms with E-state index in [0.29, 0.717) is 29.4 Å². The number of ether oxygens (including phenoxy) is 8. The minimum Gasteiger partial charge on any atom is -0.497 e. The lowest BCUT2D eigenvalue weighted by Gasteiger charge is -2.30. The molecule has 2 unspecified atom stereocenters. The van der Waals surface area contributed by atoms with E-state index in [1.54, 1.807) is 56.9 Å². The molecular formula is C51H56O8P2. The largest absolute Gasteiger partial charge is 0.497 e. The van der Waals surface area contributed by atoms with E-state index in [4.69, 9.17) is 37.9 Å². The summed E-state index contributed by atoms with van der Waals surface area (Å²) in [5.74, 6) is 6.14. The van der Waals surface area contributed by atoms with Crippen molar-refractivity contribution >= 4 is 47.7 Å². The molecular weight excluding hydrogens is 803 g/mol. The molecule has 1 aliphatic heterocycles. The summed E-state index contributed by atoms with van der Waals surface area (Å²) in [5, 5.41) is 6.69.